The molecular weight excluding hydrogens is 346 g/mol. The van der Waals surface area contributed by atoms with Gasteiger partial charge in [-0.1, -0.05) is 23.7 Å². The summed E-state index contributed by atoms with van der Waals surface area (Å²) in [7, 11) is 0. The minimum Gasteiger partial charge on any atom is -0.321 e. The van der Waals surface area contributed by atoms with Gasteiger partial charge in [0.15, 0.2) is 0 Å². The molecule has 0 spiro atoms. The van der Waals surface area contributed by atoms with E-state index in [-0.39, 0.29) is 17.5 Å². The maximum absolute atomic E-state index is 12.7. The van der Waals surface area contributed by atoms with Crippen molar-refractivity contribution in [3.63, 3.8) is 0 Å². The van der Waals surface area contributed by atoms with Crippen LogP contribution in [-0.4, -0.2) is 15.5 Å². The highest BCUT2D eigenvalue weighted by atomic mass is 35.5. The summed E-state index contributed by atoms with van der Waals surface area (Å²) in [6.07, 6.45) is 1.49. The molecule has 1 N–H and O–H groups in total. The molecule has 5 nitrogen and oxygen atoms in total. The first-order valence-electron chi connectivity index (χ1n) is 7.46. The number of nitrogens with one attached hydrogen (secondary N) is 1. The zero-order valence-electron chi connectivity index (χ0n) is 13.5. The van der Waals surface area contributed by atoms with Gasteiger partial charge in [0.05, 0.1) is 22.6 Å². The van der Waals surface area contributed by atoms with E-state index in [1.807, 2.05) is 20.8 Å². The Bertz CT molecular complexity index is 991. The summed E-state index contributed by atoms with van der Waals surface area (Å²) in [6, 6.07) is 7.02. The summed E-state index contributed by atoms with van der Waals surface area (Å²) >= 11 is 7.38. The second-order valence-electron chi connectivity index (χ2n) is 5.70. The van der Waals surface area contributed by atoms with Crippen molar-refractivity contribution >= 4 is 44.7 Å². The number of aryl methyl sites for hydroxylation is 1. The number of aromatic nitrogens is 2. The van der Waals surface area contributed by atoms with Gasteiger partial charge in [0.1, 0.15) is 10.2 Å². The Morgan fingerprint density at radius 1 is 1.33 bits per heavy atom. The van der Waals surface area contributed by atoms with E-state index >= 15 is 0 Å². The average molecular weight is 362 g/mol. The molecule has 1 amide bonds. The molecule has 124 valence electrons. The number of carbonyl (C=O) groups is 1. The van der Waals surface area contributed by atoms with E-state index in [0.29, 0.717) is 26.5 Å². The Labute approximate surface area is 147 Å². The van der Waals surface area contributed by atoms with Crippen molar-refractivity contribution in [2.45, 2.75) is 26.8 Å². The fourth-order valence-electron chi connectivity index (χ4n) is 2.47. The van der Waals surface area contributed by atoms with Crippen LogP contribution in [0.2, 0.25) is 5.02 Å². The predicted octanol–water partition coefficient (Wildman–Crippen LogP) is 4.25. The van der Waals surface area contributed by atoms with Crippen LogP contribution in [0.3, 0.4) is 0 Å². The number of para-hydroxylation sites is 1. The maximum Gasteiger partial charge on any atom is 0.271 e. The minimum absolute atomic E-state index is 0.0113. The first-order chi connectivity index (χ1) is 11.4. The molecule has 0 aliphatic carbocycles. The Kier molecular flexibility index (Phi) is 4.43. The second-order valence-corrected chi connectivity index (χ2v) is 7.33. The van der Waals surface area contributed by atoms with Gasteiger partial charge in [-0.3, -0.25) is 14.2 Å². The van der Waals surface area contributed by atoms with Crippen molar-refractivity contribution in [3.05, 3.63) is 56.4 Å². The molecule has 0 aliphatic rings. The molecular formula is C17H16ClN3O2S. The molecule has 0 bridgehead atoms. The number of thiophene rings is 1. The lowest BCUT2D eigenvalue weighted by Crippen LogP contribution is -2.22. The number of halogens is 1. The predicted molar refractivity (Wildman–Crippen MR) is 98.4 cm³/mol. The SMILES string of the molecule is Cc1sc2c(=O)n(C(C)C)cnc2c1C(=O)Nc1ccccc1Cl. The van der Waals surface area contributed by atoms with E-state index in [0.717, 1.165) is 4.88 Å². The van der Waals surface area contributed by atoms with E-state index in [1.165, 1.54) is 17.7 Å². The highest BCUT2D eigenvalue weighted by Crippen LogP contribution is 2.29. The van der Waals surface area contributed by atoms with E-state index in [2.05, 4.69) is 10.3 Å². The van der Waals surface area contributed by atoms with E-state index in [1.54, 1.807) is 28.8 Å². The standard InChI is InChI=1S/C17H16ClN3O2S/c1-9(2)21-8-19-14-13(10(3)24-15(14)17(21)23)16(22)20-12-7-5-4-6-11(12)18/h4-9H,1-3H3,(H,20,22). The van der Waals surface area contributed by atoms with Gasteiger partial charge in [-0.05, 0) is 32.9 Å². The van der Waals surface area contributed by atoms with Gasteiger partial charge < -0.3 is 5.32 Å². The largest absolute Gasteiger partial charge is 0.321 e. The summed E-state index contributed by atoms with van der Waals surface area (Å²) in [6.45, 7) is 5.65. The van der Waals surface area contributed by atoms with Crippen LogP contribution in [0.5, 0.6) is 0 Å². The molecule has 0 radical (unpaired) electrons. The van der Waals surface area contributed by atoms with Gasteiger partial charge in [0.25, 0.3) is 11.5 Å². The summed E-state index contributed by atoms with van der Waals surface area (Å²) in [5.41, 5.74) is 1.25. The Morgan fingerprint density at radius 2 is 2.04 bits per heavy atom. The third-order valence-electron chi connectivity index (χ3n) is 3.70. The fraction of sp³-hybridized carbons (Fsp3) is 0.235. The van der Waals surface area contributed by atoms with E-state index in [9.17, 15) is 9.59 Å². The summed E-state index contributed by atoms with van der Waals surface area (Å²) < 4.78 is 2.06. The highest BCUT2D eigenvalue weighted by Gasteiger charge is 2.21. The number of amides is 1. The lowest BCUT2D eigenvalue weighted by atomic mass is 10.2. The van der Waals surface area contributed by atoms with Crippen LogP contribution in [0.15, 0.2) is 35.4 Å². The third kappa shape index (κ3) is 2.83. The van der Waals surface area contributed by atoms with Gasteiger partial charge in [-0.2, -0.15) is 0 Å². The Balaban J connectivity index is 2.08. The molecule has 0 unspecified atom stereocenters. The molecule has 3 rings (SSSR count). The van der Waals surface area contributed by atoms with Crippen LogP contribution in [-0.2, 0) is 0 Å². The molecule has 24 heavy (non-hydrogen) atoms. The lowest BCUT2D eigenvalue weighted by Gasteiger charge is -2.09. The van der Waals surface area contributed by atoms with Crippen molar-refractivity contribution in [2.24, 2.45) is 0 Å². The molecule has 0 fully saturated rings. The van der Waals surface area contributed by atoms with Crippen molar-refractivity contribution in [1.82, 2.24) is 9.55 Å². The van der Waals surface area contributed by atoms with Gasteiger partial charge in [-0.25, -0.2) is 4.98 Å². The molecule has 1 aromatic carbocycles. The van der Waals surface area contributed by atoms with Gasteiger partial charge in [0.2, 0.25) is 0 Å². The molecule has 0 saturated heterocycles. The van der Waals surface area contributed by atoms with Crippen LogP contribution in [0, 0.1) is 6.92 Å². The quantitative estimate of drug-likeness (QED) is 0.758. The summed E-state index contributed by atoms with van der Waals surface area (Å²) in [4.78, 5) is 30.3. The molecule has 3 aromatic rings. The van der Waals surface area contributed by atoms with Crippen molar-refractivity contribution in [1.29, 1.82) is 0 Å². The fourth-order valence-corrected chi connectivity index (χ4v) is 3.70. The number of hydrogen-bond donors (Lipinski definition) is 1. The van der Waals surface area contributed by atoms with Crippen molar-refractivity contribution in [2.75, 3.05) is 5.32 Å². The third-order valence-corrected chi connectivity index (χ3v) is 5.12. The number of fused-ring (bicyclic) bond motifs is 1. The van der Waals surface area contributed by atoms with Crippen LogP contribution < -0.4 is 10.9 Å². The van der Waals surface area contributed by atoms with Crippen LogP contribution in [0.4, 0.5) is 5.69 Å². The Hall–Kier alpha value is -2.18. The van der Waals surface area contributed by atoms with Crippen LogP contribution in [0.1, 0.15) is 35.1 Å². The lowest BCUT2D eigenvalue weighted by molar-refractivity contribution is 0.102. The molecule has 0 saturated carbocycles. The van der Waals surface area contributed by atoms with Crippen LogP contribution >= 0.6 is 22.9 Å². The summed E-state index contributed by atoms with van der Waals surface area (Å²) in [5.74, 6) is -0.318. The minimum atomic E-state index is -0.318. The normalized spacial score (nSPS) is 11.2. The second kappa shape index (κ2) is 6.37. The number of rotatable bonds is 3. The number of nitrogens with zero attached hydrogens (tertiary/aromatic N) is 2. The topological polar surface area (TPSA) is 64.0 Å². The molecule has 2 heterocycles. The number of benzene rings is 1. The first kappa shape index (κ1) is 16.7. The first-order valence-corrected chi connectivity index (χ1v) is 8.65. The smallest absolute Gasteiger partial charge is 0.271 e. The average Bonchev–Trinajstić information content (AvgIpc) is 2.86. The zero-order valence-corrected chi connectivity index (χ0v) is 15.0. The number of carbonyl (C=O) groups excluding carboxylic acids is 1. The molecule has 7 heteroatoms. The van der Waals surface area contributed by atoms with Gasteiger partial charge in [-0.15, -0.1) is 11.3 Å². The zero-order chi connectivity index (χ0) is 17.4. The number of anilines is 1. The maximum atomic E-state index is 12.7. The number of hydrogen-bond acceptors (Lipinski definition) is 4. The van der Waals surface area contributed by atoms with Gasteiger partial charge in [0, 0.05) is 10.9 Å². The van der Waals surface area contributed by atoms with E-state index in [4.69, 9.17) is 11.6 Å². The summed E-state index contributed by atoms with van der Waals surface area (Å²) in [5, 5.41) is 3.25. The van der Waals surface area contributed by atoms with E-state index < -0.39 is 0 Å². The Morgan fingerprint density at radius 3 is 2.71 bits per heavy atom. The highest BCUT2D eigenvalue weighted by molar-refractivity contribution is 7.19. The van der Waals surface area contributed by atoms with Crippen molar-refractivity contribution in [3.8, 4) is 0 Å². The van der Waals surface area contributed by atoms with Crippen LogP contribution in [0.25, 0.3) is 10.2 Å². The molecule has 0 atom stereocenters. The van der Waals surface area contributed by atoms with Crippen molar-refractivity contribution < 1.29 is 4.79 Å². The monoisotopic (exact) mass is 361 g/mol. The molecule has 0 aliphatic heterocycles. The molecule has 2 aromatic heterocycles. The van der Waals surface area contributed by atoms with Gasteiger partial charge >= 0.3 is 0 Å².